The van der Waals surface area contributed by atoms with Crippen LogP contribution in [-0.4, -0.2) is 24.0 Å². The van der Waals surface area contributed by atoms with Crippen LogP contribution in [0, 0.1) is 0 Å². The lowest BCUT2D eigenvalue weighted by atomic mass is 10.2. The van der Waals surface area contributed by atoms with E-state index in [2.05, 4.69) is 10.0 Å². The van der Waals surface area contributed by atoms with Crippen LogP contribution >= 0.6 is 0 Å². The molecular formula is C8H11N3O2. The van der Waals surface area contributed by atoms with Crippen molar-refractivity contribution in [1.82, 2.24) is 0 Å². The van der Waals surface area contributed by atoms with Gasteiger partial charge in [-0.15, -0.1) is 0 Å². The largest absolute Gasteiger partial charge is 0.343 e. The minimum absolute atomic E-state index is 0.0644. The zero-order valence-electron chi connectivity index (χ0n) is 7.54. The van der Waals surface area contributed by atoms with Gasteiger partial charge < -0.3 is 9.47 Å². The van der Waals surface area contributed by atoms with Crippen LogP contribution in [0.2, 0.25) is 0 Å². The van der Waals surface area contributed by atoms with E-state index in [1.165, 1.54) is 0 Å². The Morgan fingerprint density at radius 2 is 2.15 bits per heavy atom. The van der Waals surface area contributed by atoms with Crippen molar-refractivity contribution in [2.24, 2.45) is 5.11 Å². The molecule has 2 aliphatic rings. The highest BCUT2D eigenvalue weighted by atomic mass is 16.8. The summed E-state index contributed by atoms with van der Waals surface area (Å²) >= 11 is 0. The third kappa shape index (κ3) is 1.42. The quantitative estimate of drug-likeness (QED) is 0.267. The van der Waals surface area contributed by atoms with Crippen molar-refractivity contribution in [2.45, 2.75) is 37.9 Å². The summed E-state index contributed by atoms with van der Waals surface area (Å²) in [7, 11) is 0. The normalized spacial score (nSPS) is 40.0. The van der Waals surface area contributed by atoms with Crippen molar-refractivity contribution in [1.29, 1.82) is 0 Å². The standard InChI is InChI=1S/C8H11N3O2/c1-8(2)12-6-4-3-5(10-11-9)7(6)13-8/h3-7H,1-2H3/t5-,6-,7+/m0/s1. The molecule has 1 aliphatic heterocycles. The van der Waals surface area contributed by atoms with Gasteiger partial charge in [-0.2, -0.15) is 0 Å². The molecule has 0 saturated carbocycles. The number of fused-ring (bicyclic) bond motifs is 1. The first kappa shape index (κ1) is 8.56. The summed E-state index contributed by atoms with van der Waals surface area (Å²) in [6.07, 6.45) is 3.50. The molecule has 0 amide bonds. The topological polar surface area (TPSA) is 67.2 Å². The molecule has 1 heterocycles. The van der Waals surface area contributed by atoms with Crippen molar-refractivity contribution >= 4 is 0 Å². The Morgan fingerprint density at radius 1 is 1.38 bits per heavy atom. The summed E-state index contributed by atoms with van der Waals surface area (Å²) in [5.74, 6) is -0.566. The van der Waals surface area contributed by atoms with Crippen molar-refractivity contribution in [3.05, 3.63) is 22.6 Å². The summed E-state index contributed by atoms with van der Waals surface area (Å²) in [5, 5.41) is 3.62. The number of rotatable bonds is 1. The maximum atomic E-state index is 8.30. The summed E-state index contributed by atoms with van der Waals surface area (Å²) < 4.78 is 11.1. The molecule has 5 nitrogen and oxygen atoms in total. The van der Waals surface area contributed by atoms with Gasteiger partial charge in [0.15, 0.2) is 5.79 Å². The molecule has 0 aromatic carbocycles. The first-order valence-electron chi connectivity index (χ1n) is 4.20. The lowest BCUT2D eigenvalue weighted by Crippen LogP contribution is -2.27. The Labute approximate surface area is 76.0 Å². The smallest absolute Gasteiger partial charge is 0.164 e. The Balaban J connectivity index is 2.16. The van der Waals surface area contributed by atoms with Gasteiger partial charge in [0.1, 0.15) is 12.2 Å². The van der Waals surface area contributed by atoms with Gasteiger partial charge in [-0.05, 0) is 19.4 Å². The lowest BCUT2D eigenvalue weighted by Gasteiger charge is -2.18. The fourth-order valence-corrected chi connectivity index (χ4v) is 1.73. The molecule has 70 valence electrons. The second-order valence-corrected chi connectivity index (χ2v) is 3.65. The predicted molar refractivity (Wildman–Crippen MR) is 45.9 cm³/mol. The molecule has 0 N–H and O–H groups in total. The highest BCUT2D eigenvalue weighted by Crippen LogP contribution is 2.35. The van der Waals surface area contributed by atoms with Crippen molar-refractivity contribution in [3.63, 3.8) is 0 Å². The van der Waals surface area contributed by atoms with Crippen molar-refractivity contribution in [2.75, 3.05) is 0 Å². The van der Waals surface area contributed by atoms with Crippen LogP contribution in [0.5, 0.6) is 0 Å². The van der Waals surface area contributed by atoms with Gasteiger partial charge >= 0.3 is 0 Å². The lowest BCUT2D eigenvalue weighted by molar-refractivity contribution is -0.144. The molecule has 0 aromatic heterocycles. The number of ether oxygens (including phenoxy) is 2. The molecule has 0 spiro atoms. The van der Waals surface area contributed by atoms with Crippen molar-refractivity contribution < 1.29 is 9.47 Å². The molecule has 5 heteroatoms. The van der Waals surface area contributed by atoms with E-state index in [1.807, 2.05) is 26.0 Å². The van der Waals surface area contributed by atoms with E-state index in [4.69, 9.17) is 15.0 Å². The molecule has 0 bridgehead atoms. The minimum atomic E-state index is -0.566. The third-order valence-electron chi connectivity index (χ3n) is 2.18. The molecule has 1 aliphatic carbocycles. The second kappa shape index (κ2) is 2.73. The van der Waals surface area contributed by atoms with Crippen LogP contribution in [0.4, 0.5) is 0 Å². The molecule has 1 saturated heterocycles. The minimum Gasteiger partial charge on any atom is -0.343 e. The van der Waals surface area contributed by atoms with Gasteiger partial charge in [0.2, 0.25) is 0 Å². The highest BCUT2D eigenvalue weighted by Gasteiger charge is 2.45. The van der Waals surface area contributed by atoms with Gasteiger partial charge in [0.25, 0.3) is 0 Å². The highest BCUT2D eigenvalue weighted by molar-refractivity contribution is 5.16. The molecule has 0 aromatic rings. The first-order valence-corrected chi connectivity index (χ1v) is 4.20. The third-order valence-corrected chi connectivity index (χ3v) is 2.18. The summed E-state index contributed by atoms with van der Waals surface area (Å²) in [6.45, 7) is 3.71. The Bertz CT molecular complexity index is 294. The Hall–Kier alpha value is -1.03. The molecule has 1 fully saturated rings. The van der Waals surface area contributed by atoms with Crippen molar-refractivity contribution in [3.8, 4) is 0 Å². The van der Waals surface area contributed by atoms with Gasteiger partial charge in [-0.25, -0.2) is 0 Å². The molecule has 0 radical (unpaired) electrons. The first-order chi connectivity index (χ1) is 6.12. The van der Waals surface area contributed by atoms with Crippen LogP contribution in [0.15, 0.2) is 17.3 Å². The molecule has 3 atom stereocenters. The molecule has 2 rings (SSSR count). The number of azide groups is 1. The monoisotopic (exact) mass is 181 g/mol. The van der Waals surface area contributed by atoms with Gasteiger partial charge in [-0.1, -0.05) is 17.3 Å². The van der Waals surface area contributed by atoms with E-state index in [-0.39, 0.29) is 18.2 Å². The van der Waals surface area contributed by atoms with Crippen LogP contribution in [0.25, 0.3) is 10.4 Å². The van der Waals surface area contributed by atoms with Gasteiger partial charge in [0, 0.05) is 4.91 Å². The fraction of sp³-hybridized carbons (Fsp3) is 0.750. The number of hydrogen-bond donors (Lipinski definition) is 0. The SMILES string of the molecule is CC1(C)O[C@@H]2[C@@H](N=[N+]=[N-])C=C[C@@H]2O1. The summed E-state index contributed by atoms with van der Waals surface area (Å²) in [4.78, 5) is 2.76. The van der Waals surface area contributed by atoms with Gasteiger partial charge in [-0.3, -0.25) is 0 Å². The molecule has 0 unspecified atom stereocenters. The zero-order chi connectivity index (χ0) is 9.47. The van der Waals surface area contributed by atoms with E-state index in [9.17, 15) is 0 Å². The summed E-state index contributed by atoms with van der Waals surface area (Å²) in [6, 6.07) is -0.225. The maximum Gasteiger partial charge on any atom is 0.164 e. The van der Waals surface area contributed by atoms with Crippen LogP contribution < -0.4 is 0 Å². The van der Waals surface area contributed by atoms with E-state index in [0.717, 1.165) is 0 Å². The molecule has 13 heavy (non-hydrogen) atoms. The summed E-state index contributed by atoms with van der Waals surface area (Å²) in [5.41, 5.74) is 8.30. The van der Waals surface area contributed by atoms with Crippen LogP contribution in [0.1, 0.15) is 13.8 Å². The number of nitrogens with zero attached hydrogens (tertiary/aromatic N) is 3. The Morgan fingerprint density at radius 3 is 2.85 bits per heavy atom. The van der Waals surface area contributed by atoms with E-state index in [1.54, 1.807) is 0 Å². The molecular weight excluding hydrogens is 170 g/mol. The van der Waals surface area contributed by atoms with E-state index >= 15 is 0 Å². The fourth-order valence-electron chi connectivity index (χ4n) is 1.73. The second-order valence-electron chi connectivity index (χ2n) is 3.65. The van der Waals surface area contributed by atoms with E-state index < -0.39 is 5.79 Å². The average Bonchev–Trinajstić information content (AvgIpc) is 2.48. The zero-order valence-corrected chi connectivity index (χ0v) is 7.54. The van der Waals surface area contributed by atoms with E-state index in [0.29, 0.717) is 0 Å². The predicted octanol–water partition coefficient (Wildman–Crippen LogP) is 1.76. The van der Waals surface area contributed by atoms with Crippen LogP contribution in [0.3, 0.4) is 0 Å². The Kier molecular flexibility index (Phi) is 1.80. The number of hydrogen-bond acceptors (Lipinski definition) is 3. The van der Waals surface area contributed by atoms with Crippen LogP contribution in [-0.2, 0) is 9.47 Å². The average molecular weight is 181 g/mol. The maximum absolute atomic E-state index is 8.30. The van der Waals surface area contributed by atoms with Gasteiger partial charge in [0.05, 0.1) is 6.04 Å².